The highest BCUT2D eigenvalue weighted by Gasteiger charge is 2.18. The predicted molar refractivity (Wildman–Crippen MR) is 283 cm³/mol. The zero-order chi connectivity index (χ0) is 47.2. The van der Waals surface area contributed by atoms with Gasteiger partial charge in [0.05, 0.1) is 25.4 Å². The molecule has 0 fully saturated rings. The minimum atomic E-state index is -0.851. The van der Waals surface area contributed by atoms with E-state index in [2.05, 4.69) is 31.3 Å². The third-order valence-corrected chi connectivity index (χ3v) is 13.5. The van der Waals surface area contributed by atoms with Crippen LogP contribution in [0.15, 0.2) is 24.3 Å². The van der Waals surface area contributed by atoms with Gasteiger partial charge in [0.15, 0.2) is 0 Å². The van der Waals surface area contributed by atoms with E-state index in [4.69, 9.17) is 4.74 Å². The van der Waals surface area contributed by atoms with E-state index in [1.54, 1.807) is 6.08 Å². The lowest BCUT2D eigenvalue weighted by atomic mass is 10.0. The van der Waals surface area contributed by atoms with Crippen LogP contribution in [-0.4, -0.2) is 47.4 Å². The van der Waals surface area contributed by atoms with Crippen LogP contribution in [0.25, 0.3) is 0 Å². The number of esters is 1. The maximum atomic E-state index is 12.5. The normalized spacial score (nSPS) is 12.7. The summed E-state index contributed by atoms with van der Waals surface area (Å²) in [5.41, 5.74) is 0. The lowest BCUT2D eigenvalue weighted by molar-refractivity contribution is -0.143. The molecule has 0 aromatic heterocycles. The molecule has 6 nitrogen and oxygen atoms in total. The number of aliphatic hydroxyl groups excluding tert-OH is 2. The zero-order valence-electron chi connectivity index (χ0n) is 43.7. The molecule has 0 aliphatic heterocycles. The van der Waals surface area contributed by atoms with Gasteiger partial charge >= 0.3 is 5.97 Å². The molecule has 0 rings (SSSR count). The number of aliphatic hydroxyl groups is 2. The minimum absolute atomic E-state index is 0.00863. The monoisotopic (exact) mass is 916 g/mol. The van der Waals surface area contributed by atoms with Crippen molar-refractivity contribution >= 4 is 11.9 Å². The fraction of sp³-hybridized carbons (Fsp3) is 0.898. The maximum Gasteiger partial charge on any atom is 0.305 e. The summed E-state index contributed by atoms with van der Waals surface area (Å²) in [4.78, 5) is 24.5. The van der Waals surface area contributed by atoms with Crippen molar-refractivity contribution in [3.63, 3.8) is 0 Å². The number of ether oxygens (including phenoxy) is 1. The van der Waals surface area contributed by atoms with Crippen molar-refractivity contribution in [3.05, 3.63) is 24.3 Å². The molecule has 0 aromatic rings. The molecule has 384 valence electrons. The zero-order valence-corrected chi connectivity index (χ0v) is 43.7. The molecule has 0 radical (unpaired) electrons. The third kappa shape index (κ3) is 51.6. The number of amides is 1. The average Bonchev–Trinajstić information content (AvgIpc) is 3.31. The second-order valence-electron chi connectivity index (χ2n) is 20.0. The first-order valence-electron chi connectivity index (χ1n) is 29.1. The van der Waals surface area contributed by atoms with Crippen LogP contribution < -0.4 is 5.32 Å². The van der Waals surface area contributed by atoms with Crippen molar-refractivity contribution in [2.24, 2.45) is 0 Å². The maximum absolute atomic E-state index is 12.5. The molecule has 65 heavy (non-hydrogen) atoms. The number of carbonyl (C=O) groups is 2. The van der Waals surface area contributed by atoms with Gasteiger partial charge in [-0.3, -0.25) is 9.59 Å². The Kier molecular flexibility index (Phi) is 53.5. The van der Waals surface area contributed by atoms with Gasteiger partial charge in [0.25, 0.3) is 0 Å². The first-order valence-corrected chi connectivity index (χ1v) is 29.1. The molecule has 0 aliphatic rings. The van der Waals surface area contributed by atoms with Crippen molar-refractivity contribution in [2.45, 2.75) is 328 Å². The second kappa shape index (κ2) is 54.9. The Morgan fingerprint density at radius 1 is 0.415 bits per heavy atom. The molecule has 3 N–H and O–H groups in total. The van der Waals surface area contributed by atoms with Crippen molar-refractivity contribution in [1.29, 1.82) is 0 Å². The summed E-state index contributed by atoms with van der Waals surface area (Å²) in [5, 5.41) is 23.2. The predicted octanol–water partition coefficient (Wildman–Crippen LogP) is 17.9. The summed E-state index contributed by atoms with van der Waals surface area (Å²) in [6, 6.07) is -0.635. The van der Waals surface area contributed by atoms with E-state index in [1.807, 2.05) is 6.08 Å². The Morgan fingerprint density at radius 2 is 0.723 bits per heavy atom. The summed E-state index contributed by atoms with van der Waals surface area (Å²) in [6.07, 6.45) is 66.2. The number of hydrogen-bond acceptors (Lipinski definition) is 5. The number of rotatable bonds is 54. The van der Waals surface area contributed by atoms with Crippen molar-refractivity contribution in [3.8, 4) is 0 Å². The molecule has 1 amide bonds. The van der Waals surface area contributed by atoms with Gasteiger partial charge in [0, 0.05) is 12.8 Å². The van der Waals surface area contributed by atoms with E-state index < -0.39 is 12.1 Å². The molecule has 0 aliphatic carbocycles. The lowest BCUT2D eigenvalue weighted by Crippen LogP contribution is -2.45. The van der Waals surface area contributed by atoms with E-state index in [0.717, 1.165) is 51.4 Å². The van der Waals surface area contributed by atoms with Crippen LogP contribution in [0.5, 0.6) is 0 Å². The number of hydrogen-bond donors (Lipinski definition) is 3. The van der Waals surface area contributed by atoms with Crippen LogP contribution in [0.2, 0.25) is 0 Å². The van der Waals surface area contributed by atoms with E-state index in [-0.39, 0.29) is 18.5 Å². The number of unbranched alkanes of at least 4 members (excludes halogenated alkanes) is 41. The molecule has 0 aromatic carbocycles. The first kappa shape index (κ1) is 63.3. The number of nitrogens with one attached hydrogen (secondary N) is 1. The van der Waals surface area contributed by atoms with Gasteiger partial charge in [-0.1, -0.05) is 269 Å². The summed E-state index contributed by atoms with van der Waals surface area (Å²) in [6.45, 7) is 4.89. The summed E-state index contributed by atoms with van der Waals surface area (Å²) < 4.78 is 5.47. The summed E-state index contributed by atoms with van der Waals surface area (Å²) in [5.74, 6) is -0.0831. The number of carbonyl (C=O) groups excluding carboxylic acids is 2. The van der Waals surface area contributed by atoms with E-state index in [0.29, 0.717) is 19.4 Å². The SMILES string of the molecule is CCCCCCC/C=C\CCCCCCCC(=O)OCCCCCCCCCCCCCCCCCC(=O)NC(CO)C(O)/C=C/CCCCCCCCCCCCCCCCCCC. The van der Waals surface area contributed by atoms with Crippen LogP contribution in [0.4, 0.5) is 0 Å². The Hall–Kier alpha value is -1.66. The smallest absolute Gasteiger partial charge is 0.305 e. The molecule has 2 atom stereocenters. The molecular formula is C59H113NO5. The Bertz CT molecular complexity index is 1010. The Balaban J connectivity index is 3.47. The highest BCUT2D eigenvalue weighted by atomic mass is 16.5. The van der Waals surface area contributed by atoms with E-state index in [9.17, 15) is 19.8 Å². The molecule has 0 spiro atoms. The Morgan fingerprint density at radius 3 is 1.09 bits per heavy atom. The fourth-order valence-corrected chi connectivity index (χ4v) is 8.98. The first-order chi connectivity index (χ1) is 32.0. The standard InChI is InChI=1S/C59H113NO5/c1-3-5-7-9-11-13-15-17-19-20-21-22-24-27-31-35-39-43-47-51-57(62)56(55-61)60-58(63)52-48-44-40-36-32-28-25-23-26-30-34-38-42-46-50-54-65-59(64)53-49-45-41-37-33-29-18-16-14-12-10-8-6-4-2/h16,18,47,51,56-57,61-62H,3-15,17,19-46,48-50,52-55H2,1-2H3,(H,60,63)/b18-16-,51-47+. The molecule has 0 heterocycles. The van der Waals surface area contributed by atoms with Gasteiger partial charge in [-0.15, -0.1) is 0 Å². The fourth-order valence-electron chi connectivity index (χ4n) is 8.98. The molecule has 2 unspecified atom stereocenters. The quantitative estimate of drug-likeness (QED) is 0.0321. The van der Waals surface area contributed by atoms with E-state index >= 15 is 0 Å². The highest BCUT2D eigenvalue weighted by molar-refractivity contribution is 5.76. The van der Waals surface area contributed by atoms with Gasteiger partial charge in [0.1, 0.15) is 0 Å². The van der Waals surface area contributed by atoms with Crippen molar-refractivity contribution in [2.75, 3.05) is 13.2 Å². The highest BCUT2D eigenvalue weighted by Crippen LogP contribution is 2.17. The minimum Gasteiger partial charge on any atom is -0.466 e. The van der Waals surface area contributed by atoms with Crippen LogP contribution in [-0.2, 0) is 14.3 Å². The molecule has 0 saturated heterocycles. The second-order valence-corrected chi connectivity index (χ2v) is 20.0. The molecule has 6 heteroatoms. The molecule has 0 bridgehead atoms. The van der Waals surface area contributed by atoms with Crippen molar-refractivity contribution in [1.82, 2.24) is 5.32 Å². The Labute approximate surface area is 405 Å². The van der Waals surface area contributed by atoms with Crippen LogP contribution >= 0.6 is 0 Å². The van der Waals surface area contributed by atoms with Crippen LogP contribution in [0.1, 0.15) is 316 Å². The molecule has 0 saturated carbocycles. The number of allylic oxidation sites excluding steroid dienone is 3. The largest absolute Gasteiger partial charge is 0.466 e. The topological polar surface area (TPSA) is 95.9 Å². The van der Waals surface area contributed by atoms with Gasteiger partial charge in [0.2, 0.25) is 5.91 Å². The summed E-state index contributed by atoms with van der Waals surface area (Å²) >= 11 is 0. The van der Waals surface area contributed by atoms with Gasteiger partial charge in [-0.05, 0) is 57.8 Å². The van der Waals surface area contributed by atoms with Gasteiger partial charge in [-0.2, -0.15) is 0 Å². The van der Waals surface area contributed by atoms with Crippen LogP contribution in [0, 0.1) is 0 Å². The lowest BCUT2D eigenvalue weighted by Gasteiger charge is -2.20. The van der Waals surface area contributed by atoms with Gasteiger partial charge < -0.3 is 20.3 Å². The van der Waals surface area contributed by atoms with Crippen LogP contribution in [0.3, 0.4) is 0 Å². The summed E-state index contributed by atoms with van der Waals surface area (Å²) in [7, 11) is 0. The molecular weight excluding hydrogens is 803 g/mol. The van der Waals surface area contributed by atoms with Gasteiger partial charge in [-0.25, -0.2) is 0 Å². The third-order valence-electron chi connectivity index (χ3n) is 13.5. The average molecular weight is 917 g/mol. The van der Waals surface area contributed by atoms with E-state index in [1.165, 1.54) is 238 Å². The van der Waals surface area contributed by atoms with Crippen molar-refractivity contribution < 1.29 is 24.5 Å².